The van der Waals surface area contributed by atoms with E-state index in [0.29, 0.717) is 39.5 Å². The Bertz CT molecular complexity index is 6140. The molecule has 0 fully saturated rings. The third-order valence-corrected chi connectivity index (χ3v) is 18.6. The Hall–Kier alpha value is -12.4. The Balaban J connectivity index is 1.05. The monoisotopic (exact) mass is 1120 g/mol. The van der Waals surface area contributed by atoms with Crippen molar-refractivity contribution in [1.29, 1.82) is 10.5 Å². The zero-order valence-electron chi connectivity index (χ0n) is 47.0. The first kappa shape index (κ1) is 48.1. The Morgan fingerprint density at radius 3 is 1.01 bits per heavy atom. The highest BCUT2D eigenvalue weighted by Crippen LogP contribution is 2.51. The largest absolute Gasteiger partial charge is 0.454 e. The maximum absolute atomic E-state index is 13.0. The summed E-state index contributed by atoms with van der Waals surface area (Å²) in [7, 11) is 0. The van der Waals surface area contributed by atoms with Gasteiger partial charge in [-0.2, -0.15) is 10.5 Å². The minimum atomic E-state index is 0.368. The van der Waals surface area contributed by atoms with Gasteiger partial charge in [-0.25, -0.2) is 0 Å². The maximum Gasteiger partial charge on any atom is 0.160 e. The van der Waals surface area contributed by atoms with Crippen LogP contribution in [0.2, 0.25) is 0 Å². The normalized spacial score (nSPS) is 12.1. The molecule has 6 aromatic heterocycles. The molecule has 0 aliphatic rings. The second-order valence-electron chi connectivity index (χ2n) is 22.9. The fraction of sp³-hybridized carbons (Fsp3) is 0. The molecule has 0 unspecified atom stereocenters. The second kappa shape index (κ2) is 18.1. The summed E-state index contributed by atoms with van der Waals surface area (Å²) >= 11 is 0. The van der Waals surface area contributed by atoms with E-state index in [0.717, 1.165) is 131 Å². The average Bonchev–Trinajstić information content (AvgIpc) is 1.54. The summed E-state index contributed by atoms with van der Waals surface area (Å²) in [4.78, 5) is 0. The molecule has 0 saturated carbocycles. The molecule has 8 nitrogen and oxygen atoms in total. The number of para-hydroxylation sites is 10. The molecule has 19 aromatic rings. The van der Waals surface area contributed by atoms with Crippen LogP contribution in [0.25, 0.3) is 171 Å². The van der Waals surface area contributed by atoms with Crippen molar-refractivity contribution in [2.75, 3.05) is 0 Å². The van der Waals surface area contributed by atoms with E-state index in [-0.39, 0.29) is 0 Å². The van der Waals surface area contributed by atoms with Gasteiger partial charge >= 0.3 is 0 Å². The Kier molecular flexibility index (Phi) is 9.87. The van der Waals surface area contributed by atoms with E-state index in [1.165, 1.54) is 10.8 Å². The lowest BCUT2D eigenvalue weighted by Crippen LogP contribution is -2.16. The van der Waals surface area contributed by atoms with Crippen LogP contribution in [0.15, 0.2) is 277 Å². The van der Waals surface area contributed by atoms with Crippen molar-refractivity contribution < 1.29 is 4.42 Å². The van der Waals surface area contributed by atoms with Crippen molar-refractivity contribution in [2.24, 2.45) is 0 Å². The molecule has 0 aliphatic carbocycles. The first-order valence-corrected chi connectivity index (χ1v) is 29.6. The highest BCUT2D eigenvalue weighted by molar-refractivity contribution is 6.23. The first-order valence-electron chi connectivity index (χ1n) is 29.6. The Morgan fingerprint density at radius 2 is 0.591 bits per heavy atom. The zero-order valence-corrected chi connectivity index (χ0v) is 47.0. The summed E-state index contributed by atoms with van der Waals surface area (Å²) in [5.41, 5.74) is 16.8. The van der Waals surface area contributed by atoms with Crippen LogP contribution in [-0.4, -0.2) is 22.8 Å². The summed E-state index contributed by atoms with van der Waals surface area (Å²) in [6, 6.07) is 102. The molecule has 406 valence electrons. The van der Waals surface area contributed by atoms with Crippen LogP contribution in [0.1, 0.15) is 11.1 Å². The van der Waals surface area contributed by atoms with Crippen molar-refractivity contribution in [3.63, 3.8) is 0 Å². The van der Waals surface area contributed by atoms with Crippen LogP contribution in [0, 0.1) is 22.7 Å². The molecule has 88 heavy (non-hydrogen) atoms. The fourth-order valence-electron chi connectivity index (χ4n) is 15.0. The minimum absolute atomic E-state index is 0.368. The summed E-state index contributed by atoms with van der Waals surface area (Å²) < 4.78 is 18.6. The molecule has 0 bridgehead atoms. The molecule has 0 spiro atoms. The fourth-order valence-corrected chi connectivity index (χ4v) is 15.0. The first-order chi connectivity index (χ1) is 43.7. The number of rotatable bonds is 6. The van der Waals surface area contributed by atoms with Gasteiger partial charge in [0.2, 0.25) is 0 Å². The highest BCUT2D eigenvalue weighted by Gasteiger charge is 2.35. The second-order valence-corrected chi connectivity index (χ2v) is 22.9. The zero-order chi connectivity index (χ0) is 57.9. The smallest absolute Gasteiger partial charge is 0.160 e. The molecular formula is C80H45N7O. The molecule has 19 rings (SSSR count). The number of fused-ring (bicyclic) bond motifs is 19. The summed E-state index contributed by atoms with van der Waals surface area (Å²) in [6.07, 6.45) is 0. The number of benzene rings is 13. The van der Waals surface area contributed by atoms with Crippen molar-refractivity contribution in [3.05, 3.63) is 284 Å². The molecule has 0 radical (unpaired) electrons. The van der Waals surface area contributed by atoms with E-state index >= 15 is 0 Å². The predicted octanol–water partition coefficient (Wildman–Crippen LogP) is 20.5. The topological polar surface area (TPSA) is 85.4 Å². The van der Waals surface area contributed by atoms with Gasteiger partial charge in [0.05, 0.1) is 83.6 Å². The van der Waals surface area contributed by atoms with Gasteiger partial charge in [0.15, 0.2) is 5.58 Å². The van der Waals surface area contributed by atoms with Crippen LogP contribution in [0.5, 0.6) is 0 Å². The van der Waals surface area contributed by atoms with Crippen LogP contribution < -0.4 is 0 Å². The van der Waals surface area contributed by atoms with Crippen LogP contribution in [0.4, 0.5) is 0 Å². The number of nitriles is 2. The van der Waals surface area contributed by atoms with Gasteiger partial charge in [0.25, 0.3) is 0 Å². The van der Waals surface area contributed by atoms with Crippen LogP contribution in [-0.2, 0) is 0 Å². The maximum atomic E-state index is 13.0. The van der Waals surface area contributed by atoms with Gasteiger partial charge in [-0.15, -0.1) is 0 Å². The molecule has 0 saturated heterocycles. The van der Waals surface area contributed by atoms with Gasteiger partial charge in [-0.3, -0.25) is 0 Å². The van der Waals surface area contributed by atoms with Crippen molar-refractivity contribution in [1.82, 2.24) is 22.8 Å². The van der Waals surface area contributed by atoms with Gasteiger partial charge in [-0.05, 0) is 84.4 Å². The van der Waals surface area contributed by atoms with E-state index in [4.69, 9.17) is 4.42 Å². The molecule has 0 atom stereocenters. The van der Waals surface area contributed by atoms with Crippen LogP contribution >= 0.6 is 0 Å². The molecule has 6 heterocycles. The summed E-state index contributed by atoms with van der Waals surface area (Å²) in [5.74, 6) is 0. The van der Waals surface area contributed by atoms with Gasteiger partial charge in [0, 0.05) is 70.2 Å². The standard InChI is InChI=1S/C80H45N7O/c81-46-62-75(84-67-34-14-4-24-52(67)53-25-5-15-35-68(53)84)76(85-69-36-16-6-26-54(69)55-27-7-17-37-70(55)85)63(47-82)78(77(62)86-71-38-18-8-28-56(71)57-29-9-19-39-72(57)86)87-73-44-41-48(45-61(73)59-42-43-60-58-30-10-20-40-74(58)88-80(60)79(59)87)49-21-1-11-31-64(49)83-65-32-12-2-22-50(65)51-23-3-13-33-66(51)83/h1-45H. The Labute approximate surface area is 501 Å². The van der Waals surface area contributed by atoms with Gasteiger partial charge < -0.3 is 27.3 Å². The number of furan rings is 1. The lowest BCUT2D eigenvalue weighted by molar-refractivity contribution is 0.671. The molecule has 13 aromatic carbocycles. The molecule has 8 heteroatoms. The number of hydrogen-bond donors (Lipinski definition) is 0. The lowest BCUT2D eigenvalue weighted by Gasteiger charge is -2.27. The molecule has 0 N–H and O–H groups in total. The van der Waals surface area contributed by atoms with E-state index in [9.17, 15) is 10.5 Å². The number of aromatic nitrogens is 5. The number of nitrogens with zero attached hydrogens (tertiary/aromatic N) is 7. The van der Waals surface area contributed by atoms with Gasteiger partial charge in [-0.1, -0.05) is 194 Å². The highest BCUT2D eigenvalue weighted by atomic mass is 16.3. The summed E-state index contributed by atoms with van der Waals surface area (Å²) in [6.45, 7) is 0. The number of hydrogen-bond acceptors (Lipinski definition) is 3. The van der Waals surface area contributed by atoms with E-state index < -0.39 is 0 Å². The van der Waals surface area contributed by atoms with E-state index in [1.807, 2.05) is 12.1 Å². The quantitative estimate of drug-likeness (QED) is 0.166. The molecule has 0 aliphatic heterocycles. The lowest BCUT2D eigenvalue weighted by atomic mass is 9.98. The van der Waals surface area contributed by atoms with Crippen molar-refractivity contribution in [2.45, 2.75) is 0 Å². The minimum Gasteiger partial charge on any atom is -0.454 e. The average molecular weight is 1120 g/mol. The third-order valence-electron chi connectivity index (χ3n) is 18.6. The van der Waals surface area contributed by atoms with E-state index in [1.54, 1.807) is 0 Å². The van der Waals surface area contributed by atoms with E-state index in [2.05, 4.69) is 296 Å². The summed E-state index contributed by atoms with van der Waals surface area (Å²) in [5, 5.41) is 38.3. The predicted molar refractivity (Wildman–Crippen MR) is 360 cm³/mol. The Morgan fingerprint density at radius 1 is 0.261 bits per heavy atom. The molecule has 0 amide bonds. The van der Waals surface area contributed by atoms with Crippen molar-refractivity contribution >= 4 is 131 Å². The van der Waals surface area contributed by atoms with Crippen LogP contribution in [0.3, 0.4) is 0 Å². The molecular weight excluding hydrogens is 1070 g/mol. The third kappa shape index (κ3) is 6.34. The SMILES string of the molecule is N#Cc1c(-n2c3ccccc3c3ccccc32)c(-n2c3ccccc3c3ccccc32)c(C#N)c(-n2c3ccc(-c4ccccc4-n4c5ccccc5c5ccccc54)cc3c3ccc4c5ccccc5oc4c32)c1-n1c2ccccc2c2ccccc21. The van der Waals surface area contributed by atoms with Crippen molar-refractivity contribution in [3.8, 4) is 51.7 Å². The van der Waals surface area contributed by atoms with Gasteiger partial charge in [0.1, 0.15) is 28.8 Å².